The smallest absolute Gasteiger partial charge is 0.272 e. The largest absolute Gasteiger partial charge is 0.496 e. The standard InChI is InChI=1S/C28H26N4O3/c1-35-26-10-6-5-9-23(26)19-31-15-16-32-25(28(31)34)17-24(30-32)27(33)29-18-20-11-13-22(14-12-20)21-7-3-2-4-8-21/h2-14,17H,15-16,18-19H2,1H3,(H,29,33). The second-order valence-electron chi connectivity index (χ2n) is 8.42. The Morgan fingerprint density at radius 2 is 1.66 bits per heavy atom. The summed E-state index contributed by atoms with van der Waals surface area (Å²) in [5.74, 6) is 0.296. The molecule has 0 radical (unpaired) electrons. The van der Waals surface area contributed by atoms with E-state index in [1.807, 2.05) is 66.7 Å². The number of carbonyl (C=O) groups is 2. The van der Waals surface area contributed by atoms with Gasteiger partial charge in [0.25, 0.3) is 11.8 Å². The van der Waals surface area contributed by atoms with E-state index in [-0.39, 0.29) is 17.5 Å². The van der Waals surface area contributed by atoms with Crippen molar-refractivity contribution in [3.63, 3.8) is 0 Å². The number of aromatic nitrogens is 2. The lowest BCUT2D eigenvalue weighted by atomic mass is 10.0. The number of para-hydroxylation sites is 1. The van der Waals surface area contributed by atoms with Crippen LogP contribution in [0, 0.1) is 0 Å². The van der Waals surface area contributed by atoms with Gasteiger partial charge in [0.2, 0.25) is 0 Å². The number of amides is 2. The molecule has 1 aromatic heterocycles. The molecule has 0 spiro atoms. The van der Waals surface area contributed by atoms with E-state index >= 15 is 0 Å². The molecule has 7 heteroatoms. The summed E-state index contributed by atoms with van der Waals surface area (Å²) in [6.07, 6.45) is 0. The van der Waals surface area contributed by atoms with Gasteiger partial charge in [-0.25, -0.2) is 0 Å². The molecule has 7 nitrogen and oxygen atoms in total. The Morgan fingerprint density at radius 3 is 2.43 bits per heavy atom. The van der Waals surface area contributed by atoms with Crippen molar-refractivity contribution in [3.8, 4) is 16.9 Å². The number of fused-ring (bicyclic) bond motifs is 1. The highest BCUT2D eigenvalue weighted by Gasteiger charge is 2.28. The molecule has 0 bridgehead atoms. The third kappa shape index (κ3) is 4.80. The molecule has 176 valence electrons. The first-order chi connectivity index (χ1) is 17.1. The van der Waals surface area contributed by atoms with Crippen LogP contribution in [0.2, 0.25) is 0 Å². The van der Waals surface area contributed by atoms with Crippen molar-refractivity contribution in [2.24, 2.45) is 0 Å². The van der Waals surface area contributed by atoms with Crippen molar-refractivity contribution in [3.05, 3.63) is 107 Å². The molecule has 0 aliphatic carbocycles. The molecule has 0 fully saturated rings. The summed E-state index contributed by atoms with van der Waals surface area (Å²) in [6.45, 7) is 1.86. The monoisotopic (exact) mass is 466 g/mol. The van der Waals surface area contributed by atoms with E-state index in [1.54, 1.807) is 22.8 Å². The van der Waals surface area contributed by atoms with Crippen LogP contribution in [0.3, 0.4) is 0 Å². The topological polar surface area (TPSA) is 76.5 Å². The van der Waals surface area contributed by atoms with Gasteiger partial charge < -0.3 is 15.0 Å². The number of hydrogen-bond donors (Lipinski definition) is 1. The predicted molar refractivity (Wildman–Crippen MR) is 133 cm³/mol. The minimum atomic E-state index is -0.303. The highest BCUT2D eigenvalue weighted by molar-refractivity contribution is 5.98. The van der Waals surface area contributed by atoms with Crippen LogP contribution in [0.25, 0.3) is 11.1 Å². The van der Waals surface area contributed by atoms with Gasteiger partial charge in [-0.1, -0.05) is 72.8 Å². The Labute approximate surface area is 204 Å². The molecule has 35 heavy (non-hydrogen) atoms. The third-order valence-electron chi connectivity index (χ3n) is 6.17. The van der Waals surface area contributed by atoms with Crippen LogP contribution < -0.4 is 10.1 Å². The van der Waals surface area contributed by atoms with Crippen LogP contribution in [0.5, 0.6) is 5.75 Å². The molecule has 0 saturated carbocycles. The fourth-order valence-corrected chi connectivity index (χ4v) is 4.26. The molecule has 0 saturated heterocycles. The van der Waals surface area contributed by atoms with Crippen LogP contribution >= 0.6 is 0 Å². The van der Waals surface area contributed by atoms with Gasteiger partial charge in [0, 0.05) is 31.3 Å². The highest BCUT2D eigenvalue weighted by Crippen LogP contribution is 2.23. The fraction of sp³-hybridized carbons (Fsp3) is 0.179. The lowest BCUT2D eigenvalue weighted by Gasteiger charge is -2.28. The minimum absolute atomic E-state index is 0.148. The van der Waals surface area contributed by atoms with Gasteiger partial charge in [-0.3, -0.25) is 14.3 Å². The first-order valence-corrected chi connectivity index (χ1v) is 11.5. The Balaban J connectivity index is 1.23. The number of benzene rings is 3. The third-order valence-corrected chi connectivity index (χ3v) is 6.17. The highest BCUT2D eigenvalue weighted by atomic mass is 16.5. The second kappa shape index (κ2) is 9.85. The molecule has 5 rings (SSSR count). The summed E-state index contributed by atoms with van der Waals surface area (Å²) in [5, 5.41) is 7.28. The van der Waals surface area contributed by atoms with E-state index in [0.29, 0.717) is 31.9 Å². The van der Waals surface area contributed by atoms with E-state index in [4.69, 9.17) is 4.74 Å². The summed E-state index contributed by atoms with van der Waals surface area (Å²) in [5.41, 5.74) is 4.86. The lowest BCUT2D eigenvalue weighted by molar-refractivity contribution is 0.0681. The number of methoxy groups -OCH3 is 1. The van der Waals surface area contributed by atoms with E-state index in [9.17, 15) is 9.59 Å². The van der Waals surface area contributed by atoms with Gasteiger partial charge in [-0.15, -0.1) is 0 Å². The first kappa shape index (κ1) is 22.4. The predicted octanol–water partition coefficient (Wildman–Crippen LogP) is 4.14. The Bertz CT molecular complexity index is 1350. The summed E-state index contributed by atoms with van der Waals surface area (Å²) in [4.78, 5) is 27.6. The van der Waals surface area contributed by atoms with Crippen molar-refractivity contribution >= 4 is 11.8 Å². The molecule has 1 aliphatic heterocycles. The summed E-state index contributed by atoms with van der Waals surface area (Å²) < 4.78 is 7.03. The molecule has 2 amide bonds. The number of nitrogens with zero attached hydrogens (tertiary/aromatic N) is 3. The average molecular weight is 467 g/mol. The zero-order chi connectivity index (χ0) is 24.2. The van der Waals surface area contributed by atoms with E-state index in [2.05, 4.69) is 22.5 Å². The van der Waals surface area contributed by atoms with Crippen molar-refractivity contribution in [2.75, 3.05) is 13.7 Å². The SMILES string of the molecule is COc1ccccc1CN1CCn2nc(C(=O)NCc3ccc(-c4ccccc4)cc3)cc2C1=O. The quantitative estimate of drug-likeness (QED) is 0.444. The Morgan fingerprint density at radius 1 is 0.943 bits per heavy atom. The average Bonchev–Trinajstić information content (AvgIpc) is 3.35. The van der Waals surface area contributed by atoms with Crippen molar-refractivity contribution < 1.29 is 14.3 Å². The number of rotatable bonds is 7. The molecule has 0 atom stereocenters. The number of nitrogens with one attached hydrogen (secondary N) is 1. The van der Waals surface area contributed by atoms with Crippen LogP contribution in [0.15, 0.2) is 84.9 Å². The van der Waals surface area contributed by atoms with Gasteiger partial charge in [-0.2, -0.15) is 5.10 Å². The Hall–Kier alpha value is -4.39. The first-order valence-electron chi connectivity index (χ1n) is 11.5. The van der Waals surface area contributed by atoms with E-state index < -0.39 is 0 Å². The van der Waals surface area contributed by atoms with Gasteiger partial charge in [-0.05, 0) is 22.8 Å². The molecular weight excluding hydrogens is 440 g/mol. The zero-order valence-corrected chi connectivity index (χ0v) is 19.5. The number of hydrogen-bond acceptors (Lipinski definition) is 4. The van der Waals surface area contributed by atoms with Crippen LogP contribution in [0.1, 0.15) is 32.1 Å². The maximum absolute atomic E-state index is 13.1. The fourth-order valence-electron chi connectivity index (χ4n) is 4.26. The van der Waals surface area contributed by atoms with Gasteiger partial charge in [0.05, 0.1) is 13.7 Å². The minimum Gasteiger partial charge on any atom is -0.496 e. The van der Waals surface area contributed by atoms with Gasteiger partial charge in [0.15, 0.2) is 5.69 Å². The van der Waals surface area contributed by atoms with Crippen molar-refractivity contribution in [1.29, 1.82) is 0 Å². The molecule has 4 aromatic rings. The van der Waals surface area contributed by atoms with Crippen LogP contribution in [-0.4, -0.2) is 40.1 Å². The van der Waals surface area contributed by atoms with Crippen molar-refractivity contribution in [2.45, 2.75) is 19.6 Å². The molecule has 1 N–H and O–H groups in total. The maximum Gasteiger partial charge on any atom is 0.272 e. The number of ether oxygens (including phenoxy) is 1. The molecule has 0 unspecified atom stereocenters. The van der Waals surface area contributed by atoms with Gasteiger partial charge >= 0.3 is 0 Å². The maximum atomic E-state index is 13.1. The lowest BCUT2D eigenvalue weighted by Crippen LogP contribution is -2.39. The number of carbonyl (C=O) groups excluding carboxylic acids is 2. The van der Waals surface area contributed by atoms with Gasteiger partial charge in [0.1, 0.15) is 11.4 Å². The van der Waals surface area contributed by atoms with E-state index in [1.165, 1.54) is 0 Å². The second-order valence-corrected chi connectivity index (χ2v) is 8.42. The van der Waals surface area contributed by atoms with Crippen LogP contribution in [0.4, 0.5) is 0 Å². The molecule has 1 aliphatic rings. The van der Waals surface area contributed by atoms with Crippen molar-refractivity contribution in [1.82, 2.24) is 20.0 Å². The van der Waals surface area contributed by atoms with E-state index in [0.717, 1.165) is 28.0 Å². The molecular formula is C28H26N4O3. The summed E-state index contributed by atoms with van der Waals surface area (Å²) in [6, 6.07) is 27.5. The van der Waals surface area contributed by atoms with Crippen LogP contribution in [-0.2, 0) is 19.6 Å². The summed E-state index contributed by atoms with van der Waals surface area (Å²) >= 11 is 0. The molecule has 2 heterocycles. The normalized spacial score (nSPS) is 12.8. The summed E-state index contributed by atoms with van der Waals surface area (Å²) in [7, 11) is 1.62. The molecule has 3 aromatic carbocycles. The zero-order valence-electron chi connectivity index (χ0n) is 19.5. The Kier molecular flexibility index (Phi) is 6.30.